The van der Waals surface area contributed by atoms with Crippen molar-refractivity contribution in [3.8, 4) is 0 Å². The summed E-state index contributed by atoms with van der Waals surface area (Å²) in [7, 11) is 0. The number of amides is 2. The number of benzene rings is 3. The summed E-state index contributed by atoms with van der Waals surface area (Å²) < 4.78 is 0. The van der Waals surface area contributed by atoms with Crippen LogP contribution in [0.5, 0.6) is 0 Å². The second-order valence-electron chi connectivity index (χ2n) is 7.47. The summed E-state index contributed by atoms with van der Waals surface area (Å²) in [5.74, 6) is -0.0865. The van der Waals surface area contributed by atoms with Crippen LogP contribution in [0.15, 0.2) is 60.7 Å². The Labute approximate surface area is 163 Å². The minimum atomic E-state index is -0.0737. The molecule has 0 saturated heterocycles. The Morgan fingerprint density at radius 2 is 1.00 bits per heavy atom. The molecule has 3 aliphatic carbocycles. The van der Waals surface area contributed by atoms with Gasteiger partial charge in [0.15, 0.2) is 0 Å². The van der Waals surface area contributed by atoms with Gasteiger partial charge in [-0.25, -0.2) is 0 Å². The number of hydrogen-bond donors (Lipinski definition) is 2. The zero-order valence-electron chi connectivity index (χ0n) is 15.7. The topological polar surface area (TPSA) is 58.2 Å². The number of carbonyl (C=O) groups is 2. The average Bonchev–Trinajstić information content (AvgIpc) is 2.67. The fourth-order valence-corrected chi connectivity index (χ4v) is 4.90. The van der Waals surface area contributed by atoms with E-state index in [-0.39, 0.29) is 23.7 Å². The molecule has 3 aliphatic rings. The van der Waals surface area contributed by atoms with Crippen LogP contribution in [0.2, 0.25) is 0 Å². The van der Waals surface area contributed by atoms with E-state index in [1.54, 1.807) is 0 Å². The number of hydrogen-bond acceptors (Lipinski definition) is 2. The minimum Gasteiger partial charge on any atom is -0.326 e. The smallest absolute Gasteiger partial charge is 0.221 e. The highest BCUT2D eigenvalue weighted by Crippen LogP contribution is 2.58. The molecule has 0 radical (unpaired) electrons. The number of rotatable bonds is 2. The first-order valence-corrected chi connectivity index (χ1v) is 9.46. The van der Waals surface area contributed by atoms with Gasteiger partial charge in [-0.3, -0.25) is 9.59 Å². The summed E-state index contributed by atoms with van der Waals surface area (Å²) in [6.45, 7) is 3.08. The Kier molecular flexibility index (Phi) is 3.63. The maximum Gasteiger partial charge on any atom is 0.221 e. The molecule has 0 aromatic heterocycles. The largest absolute Gasteiger partial charge is 0.326 e. The zero-order valence-corrected chi connectivity index (χ0v) is 15.7. The molecule has 2 amide bonds. The lowest BCUT2D eigenvalue weighted by atomic mass is 9.60. The third kappa shape index (κ3) is 2.31. The predicted octanol–water partition coefficient (Wildman–Crippen LogP) is 4.59. The van der Waals surface area contributed by atoms with Gasteiger partial charge in [0.25, 0.3) is 0 Å². The van der Waals surface area contributed by atoms with Crippen molar-refractivity contribution >= 4 is 23.2 Å². The lowest BCUT2D eigenvalue weighted by Gasteiger charge is -2.43. The lowest BCUT2D eigenvalue weighted by Crippen LogP contribution is -2.30. The second kappa shape index (κ2) is 6.06. The molecule has 28 heavy (non-hydrogen) atoms. The van der Waals surface area contributed by atoms with Crippen molar-refractivity contribution in [2.75, 3.05) is 10.6 Å². The van der Waals surface area contributed by atoms with Gasteiger partial charge in [-0.2, -0.15) is 0 Å². The molecule has 0 fully saturated rings. The third-order valence-electron chi connectivity index (χ3n) is 5.72. The van der Waals surface area contributed by atoms with Gasteiger partial charge >= 0.3 is 0 Å². The molecular formula is C24H20N2O2. The van der Waals surface area contributed by atoms with Crippen LogP contribution >= 0.6 is 0 Å². The molecule has 0 aliphatic heterocycles. The van der Waals surface area contributed by atoms with E-state index >= 15 is 0 Å². The SMILES string of the molecule is CC(=O)Nc1cccc2c1[C@H]1c3ccccc3[C@@H]2c2c(NC(C)=O)cccc21. The summed E-state index contributed by atoms with van der Waals surface area (Å²) in [6.07, 6.45) is 0. The normalized spacial score (nSPS) is 17.9. The average molecular weight is 368 g/mol. The van der Waals surface area contributed by atoms with E-state index in [9.17, 15) is 9.59 Å². The number of carbonyl (C=O) groups excluding carboxylic acids is 2. The zero-order chi connectivity index (χ0) is 19.4. The Bertz CT molecular complexity index is 1060. The number of anilines is 2. The van der Waals surface area contributed by atoms with E-state index in [1.165, 1.54) is 36.1 Å². The molecule has 0 heterocycles. The van der Waals surface area contributed by atoms with Gasteiger partial charge in [0.1, 0.15) is 0 Å². The second-order valence-corrected chi connectivity index (χ2v) is 7.47. The van der Waals surface area contributed by atoms with Gasteiger partial charge in [0.05, 0.1) is 0 Å². The molecule has 3 aromatic carbocycles. The van der Waals surface area contributed by atoms with Gasteiger partial charge in [-0.05, 0) is 45.5 Å². The van der Waals surface area contributed by atoms with Crippen molar-refractivity contribution in [2.45, 2.75) is 25.7 Å². The maximum atomic E-state index is 11.8. The summed E-state index contributed by atoms with van der Waals surface area (Å²) >= 11 is 0. The van der Waals surface area contributed by atoms with Crippen LogP contribution in [-0.2, 0) is 9.59 Å². The molecule has 2 N–H and O–H groups in total. The Balaban J connectivity index is 1.82. The van der Waals surface area contributed by atoms with Gasteiger partial charge in [0, 0.05) is 37.1 Å². The fourth-order valence-electron chi connectivity index (χ4n) is 4.90. The van der Waals surface area contributed by atoms with Crippen LogP contribution in [0.3, 0.4) is 0 Å². The van der Waals surface area contributed by atoms with E-state index in [4.69, 9.17) is 0 Å². The van der Waals surface area contributed by atoms with Gasteiger partial charge in [-0.15, -0.1) is 0 Å². The van der Waals surface area contributed by atoms with Gasteiger partial charge in [0.2, 0.25) is 11.8 Å². The molecule has 0 unspecified atom stereocenters. The minimum absolute atomic E-state index is 0.0305. The molecule has 6 rings (SSSR count). The van der Waals surface area contributed by atoms with E-state index in [0.29, 0.717) is 0 Å². The van der Waals surface area contributed by atoms with E-state index < -0.39 is 0 Å². The van der Waals surface area contributed by atoms with Crippen molar-refractivity contribution in [3.63, 3.8) is 0 Å². The van der Waals surface area contributed by atoms with Crippen LogP contribution in [0, 0.1) is 0 Å². The van der Waals surface area contributed by atoms with Gasteiger partial charge in [-0.1, -0.05) is 48.5 Å². The highest BCUT2D eigenvalue weighted by Gasteiger charge is 2.43. The van der Waals surface area contributed by atoms with Gasteiger partial charge < -0.3 is 10.6 Å². The Morgan fingerprint density at radius 1 is 0.607 bits per heavy atom. The molecule has 138 valence electrons. The maximum absolute atomic E-state index is 11.8. The summed E-state index contributed by atoms with van der Waals surface area (Å²) in [5, 5.41) is 6.04. The van der Waals surface area contributed by atoms with E-state index in [2.05, 4.69) is 47.0 Å². The van der Waals surface area contributed by atoms with Crippen LogP contribution in [0.25, 0.3) is 0 Å². The highest BCUT2D eigenvalue weighted by atomic mass is 16.2. The van der Waals surface area contributed by atoms with E-state index in [1.807, 2.05) is 24.3 Å². The summed E-state index contributed by atoms with van der Waals surface area (Å²) in [4.78, 5) is 23.6. The quantitative estimate of drug-likeness (QED) is 0.479. The van der Waals surface area contributed by atoms with Crippen molar-refractivity contribution in [1.29, 1.82) is 0 Å². The molecular weight excluding hydrogens is 348 g/mol. The molecule has 4 nitrogen and oxygen atoms in total. The van der Waals surface area contributed by atoms with Crippen LogP contribution < -0.4 is 10.6 Å². The fraction of sp³-hybridized carbons (Fsp3) is 0.167. The van der Waals surface area contributed by atoms with Crippen molar-refractivity contribution in [1.82, 2.24) is 0 Å². The highest BCUT2D eigenvalue weighted by molar-refractivity contribution is 5.93. The molecule has 3 aromatic rings. The first kappa shape index (κ1) is 16.8. The molecule has 2 atom stereocenters. The Morgan fingerprint density at radius 3 is 1.39 bits per heavy atom. The van der Waals surface area contributed by atoms with E-state index in [0.717, 1.165) is 22.5 Å². The third-order valence-corrected chi connectivity index (χ3v) is 5.72. The first-order valence-electron chi connectivity index (χ1n) is 9.46. The van der Waals surface area contributed by atoms with Crippen LogP contribution in [0.1, 0.15) is 59.1 Å². The van der Waals surface area contributed by atoms with Crippen LogP contribution in [0.4, 0.5) is 11.4 Å². The van der Waals surface area contributed by atoms with Crippen LogP contribution in [-0.4, -0.2) is 11.8 Å². The predicted molar refractivity (Wildman–Crippen MR) is 110 cm³/mol. The molecule has 0 spiro atoms. The lowest BCUT2D eigenvalue weighted by molar-refractivity contribution is -0.115. The summed E-state index contributed by atoms with van der Waals surface area (Å²) in [6, 6.07) is 20.7. The first-order chi connectivity index (χ1) is 13.6. The van der Waals surface area contributed by atoms with Crippen molar-refractivity contribution in [3.05, 3.63) is 94.0 Å². The molecule has 0 saturated carbocycles. The standard InChI is InChI=1S/C24H20N2O2/c1-13(27)25-19-11-5-9-17-22-16-8-4-3-7-15(16)21(23(17)19)18-10-6-12-20(24(18)22)26-14(2)28/h3-12,21-22H,1-2H3,(H,25,27)(H,26,28)/t21-,22-/m0/s1. The molecule has 4 heteroatoms. The summed E-state index contributed by atoms with van der Waals surface area (Å²) in [5.41, 5.74) is 8.98. The Hall–Kier alpha value is -3.40. The number of nitrogens with one attached hydrogen (secondary N) is 2. The van der Waals surface area contributed by atoms with Crippen molar-refractivity contribution < 1.29 is 9.59 Å². The monoisotopic (exact) mass is 368 g/mol. The van der Waals surface area contributed by atoms with Crippen molar-refractivity contribution in [2.24, 2.45) is 0 Å². The molecule has 2 bridgehead atoms.